The van der Waals surface area contributed by atoms with Crippen molar-refractivity contribution in [3.63, 3.8) is 0 Å². The molecule has 0 unspecified atom stereocenters. The standard InChI is InChI=1S/C25H34FN3O4S/c1-4-29-15-11-18-17-23(24(33-3)27-22(18)12-16-29)28-34(30,31)21-7-5-19(6-8-21)25(26)13-9-20(32-2)10-14-25/h5-8,17,20,28H,4,9-16H2,1-3H3. The minimum atomic E-state index is -3.90. The summed E-state index contributed by atoms with van der Waals surface area (Å²) >= 11 is 0. The summed E-state index contributed by atoms with van der Waals surface area (Å²) in [6.45, 7) is 4.92. The van der Waals surface area contributed by atoms with Gasteiger partial charge in [0.05, 0.1) is 18.1 Å². The van der Waals surface area contributed by atoms with E-state index in [4.69, 9.17) is 9.47 Å². The van der Waals surface area contributed by atoms with Crippen LogP contribution in [0.15, 0.2) is 35.2 Å². The number of rotatable bonds is 7. The largest absolute Gasteiger partial charge is 0.479 e. The van der Waals surface area contributed by atoms with Gasteiger partial charge >= 0.3 is 0 Å². The van der Waals surface area contributed by atoms with Crippen molar-refractivity contribution in [3.05, 3.63) is 47.2 Å². The van der Waals surface area contributed by atoms with E-state index in [1.165, 1.54) is 19.2 Å². The highest BCUT2D eigenvalue weighted by atomic mass is 32.2. The Labute approximate surface area is 201 Å². The highest BCUT2D eigenvalue weighted by Crippen LogP contribution is 2.41. The van der Waals surface area contributed by atoms with E-state index in [0.29, 0.717) is 36.9 Å². The minimum Gasteiger partial charge on any atom is -0.479 e. The molecule has 0 spiro atoms. The van der Waals surface area contributed by atoms with Crippen molar-refractivity contribution in [1.29, 1.82) is 0 Å². The number of fused-ring (bicyclic) bond motifs is 1. The van der Waals surface area contributed by atoms with E-state index in [-0.39, 0.29) is 16.9 Å². The van der Waals surface area contributed by atoms with Gasteiger partial charge in [-0.2, -0.15) is 0 Å². The second kappa shape index (κ2) is 10.2. The Morgan fingerprint density at radius 3 is 2.44 bits per heavy atom. The van der Waals surface area contributed by atoms with Crippen LogP contribution in [0.25, 0.3) is 0 Å². The summed E-state index contributed by atoms with van der Waals surface area (Å²) in [5.74, 6) is 0.251. The average Bonchev–Trinajstić information content (AvgIpc) is 3.05. The van der Waals surface area contributed by atoms with Crippen molar-refractivity contribution >= 4 is 15.7 Å². The van der Waals surface area contributed by atoms with Gasteiger partial charge in [-0.1, -0.05) is 19.1 Å². The maximum absolute atomic E-state index is 15.5. The molecule has 0 amide bonds. The molecule has 1 aliphatic heterocycles. The third-order valence-corrected chi connectivity index (χ3v) is 8.53. The predicted molar refractivity (Wildman–Crippen MR) is 130 cm³/mol. The van der Waals surface area contributed by atoms with E-state index < -0.39 is 15.7 Å². The van der Waals surface area contributed by atoms with E-state index in [0.717, 1.165) is 43.7 Å². The zero-order valence-electron chi connectivity index (χ0n) is 20.1. The first-order valence-electron chi connectivity index (χ1n) is 11.9. The van der Waals surface area contributed by atoms with Crippen LogP contribution in [-0.4, -0.2) is 58.3 Å². The van der Waals surface area contributed by atoms with Gasteiger partial charge in [0.1, 0.15) is 11.4 Å². The van der Waals surface area contributed by atoms with Gasteiger partial charge in [0.25, 0.3) is 10.0 Å². The molecule has 4 rings (SSSR count). The van der Waals surface area contributed by atoms with Gasteiger partial charge in [-0.05, 0) is 68.0 Å². The van der Waals surface area contributed by atoms with Crippen LogP contribution in [0, 0.1) is 0 Å². The molecule has 1 fully saturated rings. The maximum atomic E-state index is 15.5. The van der Waals surface area contributed by atoms with E-state index in [2.05, 4.69) is 21.5 Å². The lowest BCUT2D eigenvalue weighted by Gasteiger charge is -2.33. The van der Waals surface area contributed by atoms with Crippen molar-refractivity contribution in [2.24, 2.45) is 0 Å². The normalized spacial score (nSPS) is 23.7. The zero-order valence-corrected chi connectivity index (χ0v) is 21.0. The Hall–Kier alpha value is -2.23. The Balaban J connectivity index is 1.54. The summed E-state index contributed by atoms with van der Waals surface area (Å²) in [5.41, 5.74) is 1.33. The fourth-order valence-corrected chi connectivity index (χ4v) is 5.96. The summed E-state index contributed by atoms with van der Waals surface area (Å²) < 4.78 is 55.1. The molecule has 2 heterocycles. The lowest BCUT2D eigenvalue weighted by atomic mass is 9.80. The Kier molecular flexibility index (Phi) is 7.45. The first kappa shape index (κ1) is 24.9. The molecule has 1 aromatic carbocycles. The molecule has 9 heteroatoms. The quantitative estimate of drug-likeness (QED) is 0.629. The zero-order chi connectivity index (χ0) is 24.3. The molecule has 7 nitrogen and oxygen atoms in total. The van der Waals surface area contributed by atoms with Crippen molar-refractivity contribution in [2.45, 2.75) is 62.1 Å². The number of ether oxygens (including phenoxy) is 2. The first-order chi connectivity index (χ1) is 16.3. The van der Waals surface area contributed by atoms with E-state index >= 15 is 4.39 Å². The fraction of sp³-hybridized carbons (Fsp3) is 0.560. The van der Waals surface area contributed by atoms with Crippen LogP contribution in [0.2, 0.25) is 0 Å². The molecule has 1 saturated carbocycles. The third kappa shape index (κ3) is 5.21. The van der Waals surface area contributed by atoms with Crippen molar-refractivity contribution in [2.75, 3.05) is 38.6 Å². The molecule has 0 saturated heterocycles. The van der Waals surface area contributed by atoms with Crippen LogP contribution >= 0.6 is 0 Å². The lowest BCUT2D eigenvalue weighted by molar-refractivity contribution is 0.00579. The molecule has 2 aliphatic rings. The maximum Gasteiger partial charge on any atom is 0.262 e. The summed E-state index contributed by atoms with van der Waals surface area (Å²) in [7, 11) is -0.769. The van der Waals surface area contributed by atoms with Gasteiger partial charge < -0.3 is 14.4 Å². The van der Waals surface area contributed by atoms with Crippen molar-refractivity contribution in [3.8, 4) is 5.88 Å². The highest BCUT2D eigenvalue weighted by Gasteiger charge is 2.37. The summed E-state index contributed by atoms with van der Waals surface area (Å²) in [5, 5.41) is 0. The summed E-state index contributed by atoms with van der Waals surface area (Å²) in [6.07, 6.45) is 3.70. The Morgan fingerprint density at radius 2 is 1.82 bits per heavy atom. The number of hydrogen-bond donors (Lipinski definition) is 1. The van der Waals surface area contributed by atoms with Crippen LogP contribution in [0.5, 0.6) is 5.88 Å². The van der Waals surface area contributed by atoms with Crippen LogP contribution in [-0.2, 0) is 33.3 Å². The molecule has 0 radical (unpaired) electrons. The molecule has 34 heavy (non-hydrogen) atoms. The van der Waals surface area contributed by atoms with Gasteiger partial charge in [-0.25, -0.2) is 17.8 Å². The topological polar surface area (TPSA) is 80.8 Å². The monoisotopic (exact) mass is 491 g/mol. The molecule has 1 N–H and O–H groups in total. The van der Waals surface area contributed by atoms with Gasteiger partial charge in [0.15, 0.2) is 0 Å². The molecular formula is C25H34FN3O4S. The number of nitrogens with zero attached hydrogens (tertiary/aromatic N) is 2. The van der Waals surface area contributed by atoms with Gasteiger partial charge in [0.2, 0.25) is 5.88 Å². The number of sulfonamides is 1. The summed E-state index contributed by atoms with van der Waals surface area (Å²) in [6, 6.07) is 7.91. The van der Waals surface area contributed by atoms with E-state index in [1.807, 2.05) is 6.07 Å². The van der Waals surface area contributed by atoms with Crippen LogP contribution < -0.4 is 9.46 Å². The highest BCUT2D eigenvalue weighted by molar-refractivity contribution is 7.92. The number of nitrogens with one attached hydrogen (secondary N) is 1. The number of aromatic nitrogens is 1. The molecule has 1 aliphatic carbocycles. The second-order valence-corrected chi connectivity index (χ2v) is 10.8. The van der Waals surface area contributed by atoms with Crippen LogP contribution in [0.4, 0.5) is 10.1 Å². The number of alkyl halides is 1. The Bertz CT molecular complexity index is 1100. The second-order valence-electron chi connectivity index (χ2n) is 9.12. The van der Waals surface area contributed by atoms with Crippen LogP contribution in [0.3, 0.4) is 0 Å². The number of methoxy groups -OCH3 is 2. The lowest BCUT2D eigenvalue weighted by Crippen LogP contribution is -2.30. The number of hydrogen-bond acceptors (Lipinski definition) is 6. The van der Waals surface area contributed by atoms with Gasteiger partial charge in [-0.15, -0.1) is 0 Å². The number of pyridine rings is 1. The van der Waals surface area contributed by atoms with Gasteiger partial charge in [-0.3, -0.25) is 4.72 Å². The smallest absolute Gasteiger partial charge is 0.262 e. The molecule has 2 aromatic rings. The molecular weight excluding hydrogens is 457 g/mol. The number of anilines is 1. The first-order valence-corrected chi connectivity index (χ1v) is 13.4. The van der Waals surface area contributed by atoms with Gasteiger partial charge in [0, 0.05) is 32.3 Å². The van der Waals surface area contributed by atoms with Crippen LogP contribution in [0.1, 0.15) is 49.4 Å². The Morgan fingerprint density at radius 1 is 1.15 bits per heavy atom. The molecule has 186 valence electrons. The van der Waals surface area contributed by atoms with Crippen molar-refractivity contribution in [1.82, 2.24) is 9.88 Å². The number of halogens is 1. The van der Waals surface area contributed by atoms with E-state index in [1.54, 1.807) is 19.2 Å². The number of likely N-dealkylation sites (N-methyl/N-ethyl adjacent to an activating group) is 1. The minimum absolute atomic E-state index is 0.0691. The van der Waals surface area contributed by atoms with E-state index in [9.17, 15) is 8.42 Å². The molecule has 0 bridgehead atoms. The summed E-state index contributed by atoms with van der Waals surface area (Å²) in [4.78, 5) is 7.02. The van der Waals surface area contributed by atoms with Crippen molar-refractivity contribution < 1.29 is 22.3 Å². The molecule has 0 atom stereocenters. The fourth-order valence-electron chi connectivity index (χ4n) is 4.92. The predicted octanol–water partition coefficient (Wildman–Crippen LogP) is 4.07. The third-order valence-electron chi connectivity index (χ3n) is 7.14. The SMILES string of the molecule is CCN1CCc2cc(NS(=O)(=O)c3ccc(C4(F)CCC(OC)CC4)cc3)c(OC)nc2CC1. The number of benzene rings is 1. The molecule has 1 aromatic heterocycles. The average molecular weight is 492 g/mol.